The van der Waals surface area contributed by atoms with Crippen LogP contribution in [-0.4, -0.2) is 34.8 Å². The number of hydrogen-bond acceptors (Lipinski definition) is 4. The van der Waals surface area contributed by atoms with E-state index in [0.29, 0.717) is 25.9 Å². The van der Waals surface area contributed by atoms with E-state index in [1.54, 1.807) is 17.0 Å². The Labute approximate surface area is 171 Å². The van der Waals surface area contributed by atoms with E-state index in [0.717, 1.165) is 16.7 Å². The Morgan fingerprint density at radius 3 is 2.03 bits per heavy atom. The summed E-state index contributed by atoms with van der Waals surface area (Å²) in [4.78, 5) is 13.9. The maximum Gasteiger partial charge on any atom is 0.410 e. The van der Waals surface area contributed by atoms with Gasteiger partial charge in [0.25, 0.3) is 0 Å². The molecule has 0 saturated carbocycles. The SMILES string of the molecule is CC(C)(C)OC(=O)N1CCC(O)(c2ccc(C(N)c3ccc(F)cc3)cc2)CC1. The number of rotatable bonds is 3. The van der Waals surface area contributed by atoms with Crippen LogP contribution in [0, 0.1) is 5.82 Å². The molecule has 1 aliphatic heterocycles. The van der Waals surface area contributed by atoms with Crippen LogP contribution in [0.3, 0.4) is 0 Å². The van der Waals surface area contributed by atoms with Crippen molar-refractivity contribution in [3.63, 3.8) is 0 Å². The third kappa shape index (κ3) is 5.14. The molecular formula is C23H29FN2O3. The van der Waals surface area contributed by atoms with Crippen molar-refractivity contribution in [2.45, 2.75) is 50.9 Å². The number of ether oxygens (including phenoxy) is 1. The standard InChI is InChI=1S/C23H29FN2O3/c1-22(2,3)29-21(27)26-14-12-23(28,13-15-26)18-8-4-16(5-9-18)20(25)17-6-10-19(24)11-7-17/h4-11,20,28H,12-15,25H2,1-3H3. The third-order valence-corrected chi connectivity index (χ3v) is 5.28. The Morgan fingerprint density at radius 2 is 1.55 bits per heavy atom. The number of nitrogens with two attached hydrogens (primary N) is 1. The van der Waals surface area contributed by atoms with Crippen molar-refractivity contribution in [2.24, 2.45) is 5.73 Å². The molecular weight excluding hydrogens is 371 g/mol. The van der Waals surface area contributed by atoms with Gasteiger partial charge in [-0.05, 0) is 62.4 Å². The first-order chi connectivity index (χ1) is 13.6. The molecule has 3 rings (SSSR count). The van der Waals surface area contributed by atoms with Crippen LogP contribution in [0.1, 0.15) is 56.3 Å². The van der Waals surface area contributed by atoms with Gasteiger partial charge in [0, 0.05) is 13.1 Å². The molecule has 2 aromatic rings. The molecule has 1 aliphatic rings. The number of piperidine rings is 1. The maximum absolute atomic E-state index is 13.1. The first kappa shape index (κ1) is 21.3. The molecule has 5 nitrogen and oxygen atoms in total. The van der Waals surface area contributed by atoms with Gasteiger partial charge < -0.3 is 20.5 Å². The number of carbonyl (C=O) groups is 1. The van der Waals surface area contributed by atoms with Gasteiger partial charge in [0.1, 0.15) is 11.4 Å². The number of likely N-dealkylation sites (tertiary alicyclic amines) is 1. The van der Waals surface area contributed by atoms with Crippen LogP contribution < -0.4 is 5.73 Å². The zero-order chi connectivity index (χ0) is 21.2. The lowest BCUT2D eigenvalue weighted by molar-refractivity contribution is -0.0356. The van der Waals surface area contributed by atoms with Crippen molar-refractivity contribution in [1.82, 2.24) is 4.90 Å². The summed E-state index contributed by atoms with van der Waals surface area (Å²) < 4.78 is 18.5. The summed E-state index contributed by atoms with van der Waals surface area (Å²) in [5.41, 5.74) is 7.27. The molecule has 1 fully saturated rings. The predicted octanol–water partition coefficient (Wildman–Crippen LogP) is 4.09. The van der Waals surface area contributed by atoms with Gasteiger partial charge >= 0.3 is 6.09 Å². The molecule has 6 heteroatoms. The minimum atomic E-state index is -0.989. The summed E-state index contributed by atoms with van der Waals surface area (Å²) in [5, 5.41) is 11.1. The second-order valence-corrected chi connectivity index (χ2v) is 8.65. The summed E-state index contributed by atoms with van der Waals surface area (Å²) in [6.07, 6.45) is 0.533. The van der Waals surface area contributed by atoms with Crippen LogP contribution >= 0.6 is 0 Å². The summed E-state index contributed by atoms with van der Waals surface area (Å²) in [5.74, 6) is -0.295. The Kier molecular flexibility index (Phi) is 5.96. The van der Waals surface area contributed by atoms with Crippen molar-refractivity contribution in [3.8, 4) is 0 Å². The molecule has 0 spiro atoms. The van der Waals surface area contributed by atoms with Crippen molar-refractivity contribution >= 4 is 6.09 Å². The van der Waals surface area contributed by atoms with Crippen LogP contribution in [0.5, 0.6) is 0 Å². The van der Waals surface area contributed by atoms with E-state index in [-0.39, 0.29) is 18.0 Å². The molecule has 1 unspecified atom stereocenters. The zero-order valence-corrected chi connectivity index (χ0v) is 17.2. The van der Waals surface area contributed by atoms with Gasteiger partial charge in [-0.3, -0.25) is 0 Å². The third-order valence-electron chi connectivity index (χ3n) is 5.28. The lowest BCUT2D eigenvalue weighted by Crippen LogP contribution is -2.46. The number of carbonyl (C=O) groups excluding carboxylic acids is 1. The van der Waals surface area contributed by atoms with Crippen molar-refractivity contribution in [1.29, 1.82) is 0 Å². The fourth-order valence-electron chi connectivity index (χ4n) is 3.54. The summed E-state index contributed by atoms with van der Waals surface area (Å²) in [6.45, 7) is 6.38. The van der Waals surface area contributed by atoms with Crippen molar-refractivity contribution in [3.05, 3.63) is 71.0 Å². The van der Waals surface area contributed by atoms with Crippen LogP contribution in [0.4, 0.5) is 9.18 Å². The largest absolute Gasteiger partial charge is 0.444 e. The summed E-state index contributed by atoms with van der Waals surface area (Å²) >= 11 is 0. The minimum Gasteiger partial charge on any atom is -0.444 e. The molecule has 1 saturated heterocycles. The van der Waals surface area contributed by atoms with Crippen LogP contribution in [0.2, 0.25) is 0 Å². The Hall–Kier alpha value is -2.44. The average molecular weight is 400 g/mol. The molecule has 1 amide bonds. The summed E-state index contributed by atoms with van der Waals surface area (Å²) in [7, 11) is 0. The van der Waals surface area contributed by atoms with Crippen LogP contribution in [-0.2, 0) is 10.3 Å². The number of aliphatic hydroxyl groups is 1. The Bertz CT molecular complexity index is 836. The lowest BCUT2D eigenvalue weighted by Gasteiger charge is -2.39. The predicted molar refractivity (Wildman–Crippen MR) is 110 cm³/mol. The molecule has 2 aromatic carbocycles. The smallest absolute Gasteiger partial charge is 0.410 e. The maximum atomic E-state index is 13.1. The molecule has 0 aliphatic carbocycles. The van der Waals surface area contributed by atoms with Gasteiger partial charge in [0.15, 0.2) is 0 Å². The molecule has 29 heavy (non-hydrogen) atoms. The Balaban J connectivity index is 1.65. The molecule has 0 aromatic heterocycles. The van der Waals surface area contributed by atoms with Gasteiger partial charge in [-0.1, -0.05) is 36.4 Å². The fourth-order valence-corrected chi connectivity index (χ4v) is 3.54. The fraction of sp³-hybridized carbons (Fsp3) is 0.435. The van der Waals surface area contributed by atoms with Crippen LogP contribution in [0.25, 0.3) is 0 Å². The highest BCUT2D eigenvalue weighted by molar-refractivity contribution is 5.68. The normalized spacial score (nSPS) is 17.7. The summed E-state index contributed by atoms with van der Waals surface area (Å²) in [6, 6.07) is 13.3. The average Bonchev–Trinajstić information content (AvgIpc) is 2.67. The number of hydrogen-bond donors (Lipinski definition) is 2. The van der Waals surface area contributed by atoms with Gasteiger partial charge in [-0.15, -0.1) is 0 Å². The number of nitrogens with zero attached hydrogens (tertiary/aromatic N) is 1. The molecule has 0 radical (unpaired) electrons. The van der Waals surface area contributed by atoms with Gasteiger partial charge in [0.2, 0.25) is 0 Å². The number of benzene rings is 2. The highest BCUT2D eigenvalue weighted by Gasteiger charge is 2.36. The van der Waals surface area contributed by atoms with E-state index in [1.807, 2.05) is 45.0 Å². The second kappa shape index (κ2) is 8.13. The Morgan fingerprint density at radius 1 is 1.07 bits per heavy atom. The number of amides is 1. The van der Waals surface area contributed by atoms with Crippen molar-refractivity contribution in [2.75, 3.05) is 13.1 Å². The molecule has 3 N–H and O–H groups in total. The topological polar surface area (TPSA) is 75.8 Å². The van der Waals surface area contributed by atoms with Crippen molar-refractivity contribution < 1.29 is 19.0 Å². The molecule has 156 valence electrons. The lowest BCUT2D eigenvalue weighted by atomic mass is 9.83. The highest BCUT2D eigenvalue weighted by Crippen LogP contribution is 2.34. The van der Waals surface area contributed by atoms with Crippen LogP contribution in [0.15, 0.2) is 48.5 Å². The first-order valence-electron chi connectivity index (χ1n) is 9.89. The van der Waals surface area contributed by atoms with E-state index in [2.05, 4.69) is 0 Å². The first-order valence-corrected chi connectivity index (χ1v) is 9.89. The van der Waals surface area contributed by atoms with Gasteiger partial charge in [-0.25, -0.2) is 9.18 Å². The quantitative estimate of drug-likeness (QED) is 0.814. The number of halogens is 1. The van der Waals surface area contributed by atoms with E-state index in [1.165, 1.54) is 12.1 Å². The van der Waals surface area contributed by atoms with Gasteiger partial charge in [-0.2, -0.15) is 0 Å². The van der Waals surface area contributed by atoms with E-state index < -0.39 is 11.2 Å². The molecule has 0 bridgehead atoms. The van der Waals surface area contributed by atoms with E-state index in [4.69, 9.17) is 10.5 Å². The molecule has 1 atom stereocenters. The molecule has 1 heterocycles. The zero-order valence-electron chi connectivity index (χ0n) is 17.2. The second-order valence-electron chi connectivity index (χ2n) is 8.65. The minimum absolute atomic E-state index is 0.295. The van der Waals surface area contributed by atoms with E-state index >= 15 is 0 Å². The highest BCUT2D eigenvalue weighted by atomic mass is 19.1. The van der Waals surface area contributed by atoms with E-state index in [9.17, 15) is 14.3 Å². The van der Waals surface area contributed by atoms with Gasteiger partial charge in [0.05, 0.1) is 11.6 Å². The monoisotopic (exact) mass is 400 g/mol.